The molecule has 1 heterocycles. The van der Waals surface area contributed by atoms with Crippen LogP contribution in [0.3, 0.4) is 0 Å². The molecular weight excluding hydrogens is 300 g/mol. The summed E-state index contributed by atoms with van der Waals surface area (Å²) in [5, 5.41) is 0. The fourth-order valence-electron chi connectivity index (χ4n) is 1.80. The fraction of sp³-hybridized carbons (Fsp3) is 0.556. The van der Waals surface area contributed by atoms with Crippen LogP contribution in [0.4, 0.5) is 4.39 Å². The van der Waals surface area contributed by atoms with E-state index in [1.54, 1.807) is 16.0 Å². The van der Waals surface area contributed by atoms with Crippen LogP contribution in [0.2, 0.25) is 0 Å². The van der Waals surface area contributed by atoms with E-state index in [1.807, 2.05) is 6.20 Å². The molecule has 1 aliphatic rings. The molecule has 13 heavy (non-hydrogen) atoms. The van der Waals surface area contributed by atoms with E-state index in [0.29, 0.717) is 12.8 Å². The maximum Gasteiger partial charge on any atom is 0.114 e. The molecule has 1 aromatic rings. The first kappa shape index (κ1) is 9.83. The lowest BCUT2D eigenvalue weighted by Gasteiger charge is -2.26. The Kier molecular flexibility index (Phi) is 2.61. The first-order valence-electron chi connectivity index (χ1n) is 4.29. The Morgan fingerprint density at radius 2 is 2.46 bits per heavy atom. The third-order valence-electron chi connectivity index (χ3n) is 2.57. The van der Waals surface area contributed by atoms with Gasteiger partial charge in [-0.2, -0.15) is 0 Å². The Labute approximate surface area is 93.8 Å². The number of halogens is 2. The van der Waals surface area contributed by atoms with Crippen LogP contribution in [0.15, 0.2) is 12.3 Å². The van der Waals surface area contributed by atoms with Gasteiger partial charge in [0.05, 0.1) is 0 Å². The van der Waals surface area contributed by atoms with Gasteiger partial charge in [-0.15, -0.1) is 0 Å². The lowest BCUT2D eigenvalue weighted by Crippen LogP contribution is -2.27. The Morgan fingerprint density at radius 3 is 3.15 bits per heavy atom. The van der Waals surface area contributed by atoms with E-state index in [1.165, 1.54) is 5.56 Å². The van der Waals surface area contributed by atoms with Gasteiger partial charge in [0.2, 0.25) is 0 Å². The molecule has 0 spiro atoms. The van der Waals surface area contributed by atoms with Gasteiger partial charge in [0.1, 0.15) is 5.67 Å². The fourth-order valence-corrected chi connectivity index (χ4v) is 3.28. The van der Waals surface area contributed by atoms with Crippen LogP contribution in [0.25, 0.3) is 0 Å². The summed E-state index contributed by atoms with van der Waals surface area (Å²) < 4.78 is 15.8. The van der Waals surface area contributed by atoms with Crippen molar-refractivity contribution in [2.24, 2.45) is 0 Å². The van der Waals surface area contributed by atoms with Crippen LogP contribution in [-0.4, -0.2) is 9.64 Å². The predicted octanol–water partition coefficient (Wildman–Crippen LogP) is 3.55. The summed E-state index contributed by atoms with van der Waals surface area (Å²) in [6.07, 6.45) is 4.14. The molecule has 0 aromatic carbocycles. The largest absolute Gasteiger partial charge is 0.287 e. The predicted molar refractivity (Wildman–Crippen MR) is 63.0 cm³/mol. The summed E-state index contributed by atoms with van der Waals surface area (Å²) in [6, 6.07) is 2.11. The lowest BCUT2D eigenvalue weighted by molar-refractivity contribution is 0.164. The van der Waals surface area contributed by atoms with Gasteiger partial charge in [-0.05, 0) is 31.4 Å². The number of fused-ring (bicyclic) bond motifs is 1. The number of aromatic nitrogens is 1. The second-order valence-corrected chi connectivity index (χ2v) is 5.49. The Balaban J connectivity index is 2.36. The topological polar surface area (TPSA) is 4.93 Å². The second-order valence-electron chi connectivity index (χ2n) is 3.77. The van der Waals surface area contributed by atoms with Gasteiger partial charge < -0.3 is 0 Å². The van der Waals surface area contributed by atoms with Crippen molar-refractivity contribution in [3.05, 3.63) is 23.5 Å². The summed E-state index contributed by atoms with van der Waals surface area (Å²) in [4.78, 5) is 0. The molecule has 0 radical (unpaired) electrons. The monoisotopic (exact) mass is 311 g/mol. The minimum atomic E-state index is -1.00. The maximum absolute atomic E-state index is 13.7. The molecule has 0 bridgehead atoms. The minimum Gasteiger partial charge on any atom is -0.287 e. The van der Waals surface area contributed by atoms with Crippen LogP contribution in [0, 0.1) is 0 Å². The van der Waals surface area contributed by atoms with E-state index in [2.05, 4.69) is 31.2 Å². The van der Waals surface area contributed by atoms with Crippen molar-refractivity contribution < 1.29 is 4.39 Å². The molecule has 1 atom stereocenters. The van der Waals surface area contributed by atoms with Gasteiger partial charge >= 0.3 is 0 Å². The van der Waals surface area contributed by atoms with Crippen LogP contribution >= 0.6 is 30.3 Å². The number of hydrogen-bond acceptors (Lipinski definition) is 1. The summed E-state index contributed by atoms with van der Waals surface area (Å²) in [5.41, 5.74) is 1.48. The molecule has 0 amide bonds. The zero-order chi connectivity index (χ0) is 9.47. The van der Waals surface area contributed by atoms with E-state index in [0.717, 1.165) is 12.1 Å². The molecular formula is C9H11FINS. The maximum atomic E-state index is 13.7. The molecule has 0 N–H and O–H groups in total. The molecule has 2 rings (SSSR count). The quantitative estimate of drug-likeness (QED) is 0.718. The van der Waals surface area contributed by atoms with Crippen LogP contribution in [0.1, 0.15) is 24.6 Å². The number of alkyl halides is 1. The highest BCUT2D eigenvalue weighted by Crippen LogP contribution is 2.34. The third kappa shape index (κ3) is 1.88. The highest BCUT2D eigenvalue weighted by atomic mass is 127. The standard InChI is InChI=1S/C9H11FINS/c1-9(10)4-2-7-3-5-12(13-11)8(7)6-9/h3,5H,2,4,6H2,1H3. The molecule has 4 heteroatoms. The SMILES string of the molecule is CC1(F)CCc2ccn(SI)c2C1. The number of rotatable bonds is 1. The average Bonchev–Trinajstić information content (AvgIpc) is 2.44. The van der Waals surface area contributed by atoms with E-state index in [4.69, 9.17) is 0 Å². The zero-order valence-corrected chi connectivity index (χ0v) is 10.4. The van der Waals surface area contributed by atoms with Gasteiger partial charge in [-0.3, -0.25) is 3.97 Å². The zero-order valence-electron chi connectivity index (χ0n) is 7.39. The van der Waals surface area contributed by atoms with Crippen molar-refractivity contribution in [1.29, 1.82) is 0 Å². The number of hydrogen-bond donors (Lipinski definition) is 0. The summed E-state index contributed by atoms with van der Waals surface area (Å²) in [6.45, 7) is 1.70. The molecule has 0 aliphatic heterocycles. The van der Waals surface area contributed by atoms with Crippen LogP contribution < -0.4 is 0 Å². The Morgan fingerprint density at radius 1 is 1.69 bits per heavy atom. The normalized spacial score (nSPS) is 27.3. The molecule has 1 nitrogen and oxygen atoms in total. The highest BCUT2D eigenvalue weighted by molar-refractivity contribution is 14.2. The van der Waals surface area contributed by atoms with Crippen molar-refractivity contribution in [2.75, 3.05) is 0 Å². The number of nitrogens with zero attached hydrogens (tertiary/aromatic N) is 1. The minimum absolute atomic E-state index is 0.561. The van der Waals surface area contributed by atoms with Gasteiger partial charge in [-0.1, -0.05) is 0 Å². The average molecular weight is 311 g/mol. The first-order valence-corrected chi connectivity index (χ1v) is 7.61. The summed E-state index contributed by atoms with van der Waals surface area (Å²) in [5.74, 6) is 0. The van der Waals surface area contributed by atoms with Gasteiger partial charge in [0.15, 0.2) is 0 Å². The van der Waals surface area contributed by atoms with Crippen LogP contribution in [-0.2, 0) is 12.8 Å². The first-order chi connectivity index (χ1) is 6.12. The van der Waals surface area contributed by atoms with Gasteiger partial charge in [0, 0.05) is 48.6 Å². The van der Waals surface area contributed by atoms with Gasteiger partial charge in [-0.25, -0.2) is 4.39 Å². The Hall–Kier alpha value is 0.290. The smallest absolute Gasteiger partial charge is 0.114 e. The van der Waals surface area contributed by atoms with E-state index in [-0.39, 0.29) is 0 Å². The number of aryl methyl sites for hydroxylation is 1. The van der Waals surface area contributed by atoms with Gasteiger partial charge in [0.25, 0.3) is 0 Å². The molecule has 1 aliphatic carbocycles. The third-order valence-corrected chi connectivity index (χ3v) is 4.34. The van der Waals surface area contributed by atoms with E-state index < -0.39 is 5.67 Å². The molecule has 0 saturated heterocycles. The molecule has 0 fully saturated rings. The summed E-state index contributed by atoms with van der Waals surface area (Å²) >= 11 is 2.23. The highest BCUT2D eigenvalue weighted by Gasteiger charge is 2.31. The molecule has 1 unspecified atom stereocenters. The second kappa shape index (κ2) is 3.46. The van der Waals surface area contributed by atoms with Crippen molar-refractivity contribution in [3.63, 3.8) is 0 Å². The van der Waals surface area contributed by atoms with Crippen molar-refractivity contribution in [1.82, 2.24) is 3.97 Å². The Bertz CT molecular complexity index is 308. The van der Waals surface area contributed by atoms with E-state index >= 15 is 0 Å². The van der Waals surface area contributed by atoms with Crippen molar-refractivity contribution >= 4 is 30.3 Å². The molecule has 0 saturated carbocycles. The molecule has 72 valence electrons. The van der Waals surface area contributed by atoms with Crippen molar-refractivity contribution in [2.45, 2.75) is 31.9 Å². The van der Waals surface area contributed by atoms with Crippen molar-refractivity contribution in [3.8, 4) is 0 Å². The lowest BCUT2D eigenvalue weighted by atomic mass is 9.87. The summed E-state index contributed by atoms with van der Waals surface area (Å²) in [7, 11) is 1.61. The van der Waals surface area contributed by atoms with E-state index in [9.17, 15) is 4.39 Å². The molecule has 1 aromatic heterocycles. The van der Waals surface area contributed by atoms with Crippen LogP contribution in [0.5, 0.6) is 0 Å².